The predicted octanol–water partition coefficient (Wildman–Crippen LogP) is 2.24. The zero-order valence-corrected chi connectivity index (χ0v) is 17.7. The van der Waals surface area contributed by atoms with Gasteiger partial charge in [0, 0.05) is 30.8 Å². The molecule has 0 bridgehead atoms. The molecule has 158 valence electrons. The first kappa shape index (κ1) is 20.6. The van der Waals surface area contributed by atoms with Crippen LogP contribution in [0.3, 0.4) is 0 Å². The first-order chi connectivity index (χ1) is 14.7. The van der Waals surface area contributed by atoms with Gasteiger partial charge < -0.3 is 15.1 Å². The normalized spacial score (nSPS) is 17.3. The van der Waals surface area contributed by atoms with E-state index in [1.807, 2.05) is 29.2 Å². The van der Waals surface area contributed by atoms with E-state index in [-0.39, 0.29) is 11.8 Å². The van der Waals surface area contributed by atoms with Crippen LogP contribution in [-0.4, -0.2) is 31.4 Å². The molecule has 2 aliphatic heterocycles. The van der Waals surface area contributed by atoms with Gasteiger partial charge in [0.25, 0.3) is 0 Å². The van der Waals surface area contributed by atoms with Crippen LogP contribution in [0.15, 0.2) is 48.5 Å². The highest BCUT2D eigenvalue weighted by Gasteiger charge is 2.21. The Bertz CT molecular complexity index is 855. The number of rotatable bonds is 7. The van der Waals surface area contributed by atoms with Crippen molar-refractivity contribution in [3.63, 3.8) is 0 Å². The summed E-state index contributed by atoms with van der Waals surface area (Å²) in [5.41, 5.74) is 4.39. The number of benzene rings is 2. The van der Waals surface area contributed by atoms with Crippen molar-refractivity contribution < 1.29 is 14.5 Å². The Morgan fingerprint density at radius 3 is 2.20 bits per heavy atom. The first-order valence-corrected chi connectivity index (χ1v) is 11.2. The minimum atomic E-state index is 0.0156. The monoisotopic (exact) mass is 406 g/mol. The Hall–Kier alpha value is -2.66. The van der Waals surface area contributed by atoms with Crippen LogP contribution in [0.1, 0.15) is 48.8 Å². The van der Waals surface area contributed by atoms with Crippen molar-refractivity contribution in [2.75, 3.05) is 24.5 Å². The quantitative estimate of drug-likeness (QED) is 0.741. The molecule has 2 heterocycles. The molecule has 2 fully saturated rings. The second-order valence-corrected chi connectivity index (χ2v) is 8.57. The van der Waals surface area contributed by atoms with E-state index in [2.05, 4.69) is 29.6 Å². The number of anilines is 1. The Morgan fingerprint density at radius 1 is 0.867 bits per heavy atom. The van der Waals surface area contributed by atoms with E-state index in [0.29, 0.717) is 19.4 Å². The van der Waals surface area contributed by atoms with Crippen LogP contribution in [0.2, 0.25) is 0 Å². The van der Waals surface area contributed by atoms with Gasteiger partial charge in [-0.2, -0.15) is 0 Å². The van der Waals surface area contributed by atoms with E-state index in [1.165, 1.54) is 37.9 Å². The van der Waals surface area contributed by atoms with Crippen molar-refractivity contribution in [2.45, 2.75) is 51.6 Å². The first-order valence-electron chi connectivity index (χ1n) is 11.2. The third-order valence-corrected chi connectivity index (χ3v) is 6.21. The summed E-state index contributed by atoms with van der Waals surface area (Å²) in [4.78, 5) is 27.7. The number of quaternary nitrogens is 1. The average Bonchev–Trinajstić information content (AvgIpc) is 3.20. The van der Waals surface area contributed by atoms with E-state index in [4.69, 9.17) is 0 Å². The second kappa shape index (κ2) is 9.90. The summed E-state index contributed by atoms with van der Waals surface area (Å²) in [5.74, 6) is 0.200. The number of nitrogens with one attached hydrogen (secondary N) is 2. The van der Waals surface area contributed by atoms with Crippen molar-refractivity contribution in [2.24, 2.45) is 0 Å². The van der Waals surface area contributed by atoms with Gasteiger partial charge in [0.2, 0.25) is 11.8 Å². The number of piperidine rings is 1. The number of carbonyl (C=O) groups is 2. The number of hydrogen-bond acceptors (Lipinski definition) is 2. The van der Waals surface area contributed by atoms with Crippen LogP contribution in [-0.2, 0) is 29.1 Å². The highest BCUT2D eigenvalue weighted by molar-refractivity contribution is 5.95. The van der Waals surface area contributed by atoms with Crippen LogP contribution in [0.4, 0.5) is 5.69 Å². The molecule has 30 heavy (non-hydrogen) atoms. The molecule has 2 N–H and O–H groups in total. The van der Waals surface area contributed by atoms with Crippen molar-refractivity contribution in [1.82, 2.24) is 5.32 Å². The van der Waals surface area contributed by atoms with Gasteiger partial charge in [-0.25, -0.2) is 0 Å². The van der Waals surface area contributed by atoms with Gasteiger partial charge in [-0.3, -0.25) is 9.59 Å². The molecule has 2 amide bonds. The SMILES string of the molecule is O=C(Cc1ccc(N2CCCC2=O)cc1)NCc1ccc(C[NH+]2CCCCC2)cc1. The largest absolute Gasteiger partial charge is 0.352 e. The Labute approximate surface area is 179 Å². The molecule has 2 aromatic carbocycles. The molecule has 0 spiro atoms. The molecule has 2 aromatic rings. The van der Waals surface area contributed by atoms with Crippen LogP contribution in [0, 0.1) is 0 Å². The molecule has 0 aromatic heterocycles. The third-order valence-electron chi connectivity index (χ3n) is 6.21. The molecule has 5 nitrogen and oxygen atoms in total. The van der Waals surface area contributed by atoms with E-state index in [0.717, 1.165) is 36.3 Å². The molecule has 2 saturated heterocycles. The minimum Gasteiger partial charge on any atom is -0.352 e. The Balaban J connectivity index is 1.23. The Morgan fingerprint density at radius 2 is 1.53 bits per heavy atom. The lowest BCUT2D eigenvalue weighted by Gasteiger charge is -2.23. The van der Waals surface area contributed by atoms with Crippen LogP contribution >= 0.6 is 0 Å². The van der Waals surface area contributed by atoms with E-state index in [9.17, 15) is 9.59 Å². The lowest BCUT2D eigenvalue weighted by molar-refractivity contribution is -0.918. The fraction of sp³-hybridized carbons (Fsp3) is 0.440. The zero-order chi connectivity index (χ0) is 20.8. The van der Waals surface area contributed by atoms with Crippen molar-refractivity contribution in [1.29, 1.82) is 0 Å². The van der Waals surface area contributed by atoms with E-state index >= 15 is 0 Å². The van der Waals surface area contributed by atoms with Crippen LogP contribution < -0.4 is 15.1 Å². The third kappa shape index (κ3) is 5.48. The maximum absolute atomic E-state index is 12.3. The summed E-state index contributed by atoms with van der Waals surface area (Å²) in [6.45, 7) is 5.01. The highest BCUT2D eigenvalue weighted by atomic mass is 16.2. The molecule has 0 radical (unpaired) electrons. The predicted molar refractivity (Wildman–Crippen MR) is 118 cm³/mol. The Kier molecular flexibility index (Phi) is 6.80. The molecule has 2 aliphatic rings. The van der Waals surface area contributed by atoms with Crippen molar-refractivity contribution in [3.8, 4) is 0 Å². The second-order valence-electron chi connectivity index (χ2n) is 8.57. The summed E-state index contributed by atoms with van der Waals surface area (Å²) in [7, 11) is 0. The maximum atomic E-state index is 12.3. The lowest BCUT2D eigenvalue weighted by Crippen LogP contribution is -3.11. The zero-order valence-electron chi connectivity index (χ0n) is 17.7. The van der Waals surface area contributed by atoms with Gasteiger partial charge in [-0.15, -0.1) is 0 Å². The van der Waals surface area contributed by atoms with Gasteiger partial charge in [-0.1, -0.05) is 36.4 Å². The van der Waals surface area contributed by atoms with Crippen LogP contribution in [0.5, 0.6) is 0 Å². The number of likely N-dealkylation sites (tertiary alicyclic amines) is 1. The van der Waals surface area contributed by atoms with Crippen molar-refractivity contribution in [3.05, 3.63) is 65.2 Å². The van der Waals surface area contributed by atoms with Gasteiger partial charge in [-0.05, 0) is 48.9 Å². The van der Waals surface area contributed by atoms with Gasteiger partial charge in [0.05, 0.1) is 19.5 Å². The summed E-state index contributed by atoms with van der Waals surface area (Å²) in [5, 5.41) is 3.02. The smallest absolute Gasteiger partial charge is 0.227 e. The van der Waals surface area contributed by atoms with Gasteiger partial charge in [0.1, 0.15) is 6.54 Å². The molecule has 0 atom stereocenters. The summed E-state index contributed by atoms with van der Waals surface area (Å²) in [6, 6.07) is 16.4. The average molecular weight is 407 g/mol. The molecule has 0 saturated carbocycles. The van der Waals surface area contributed by atoms with Crippen molar-refractivity contribution >= 4 is 17.5 Å². The van der Waals surface area contributed by atoms with Gasteiger partial charge in [0.15, 0.2) is 0 Å². The van der Waals surface area contributed by atoms with Crippen LogP contribution in [0.25, 0.3) is 0 Å². The molecular weight excluding hydrogens is 374 g/mol. The highest BCUT2D eigenvalue weighted by Crippen LogP contribution is 2.21. The topological polar surface area (TPSA) is 53.9 Å². The molecule has 4 rings (SSSR count). The van der Waals surface area contributed by atoms with E-state index in [1.54, 1.807) is 4.90 Å². The summed E-state index contributed by atoms with van der Waals surface area (Å²) >= 11 is 0. The number of carbonyl (C=O) groups excluding carboxylic acids is 2. The number of hydrogen-bond donors (Lipinski definition) is 2. The summed E-state index contributed by atoms with van der Waals surface area (Å²) < 4.78 is 0. The fourth-order valence-corrected chi connectivity index (χ4v) is 4.46. The van der Waals surface area contributed by atoms with E-state index < -0.39 is 0 Å². The maximum Gasteiger partial charge on any atom is 0.227 e. The molecule has 0 unspecified atom stereocenters. The molecule has 0 aliphatic carbocycles. The standard InChI is InChI=1S/C25H31N3O2/c29-24(17-20-10-12-23(13-11-20)28-16-4-5-25(28)30)26-18-21-6-8-22(9-7-21)19-27-14-2-1-3-15-27/h6-13H,1-5,14-19H2,(H,26,29)/p+1. The minimum absolute atomic E-state index is 0.0156. The number of amides is 2. The number of nitrogens with zero attached hydrogens (tertiary/aromatic N) is 1. The van der Waals surface area contributed by atoms with Gasteiger partial charge >= 0.3 is 0 Å². The molecular formula is C25H32N3O2+. The molecule has 5 heteroatoms. The lowest BCUT2D eigenvalue weighted by atomic mass is 10.1. The summed E-state index contributed by atoms with van der Waals surface area (Å²) in [6.07, 6.45) is 5.97. The fourth-order valence-electron chi connectivity index (χ4n) is 4.46.